The van der Waals surface area contributed by atoms with Gasteiger partial charge in [-0.3, -0.25) is 4.79 Å². The normalized spacial score (nSPS) is 16.5. The van der Waals surface area contributed by atoms with Crippen molar-refractivity contribution in [1.29, 1.82) is 0 Å². The molecule has 1 fully saturated rings. The molecule has 2 rings (SSSR count). The Morgan fingerprint density at radius 2 is 2.03 bits per heavy atom. The van der Waals surface area contributed by atoms with Gasteiger partial charge < -0.3 is 25.2 Å². The molecule has 0 bridgehead atoms. The number of hydrogen-bond acceptors (Lipinski definition) is 4. The van der Waals surface area contributed by atoms with Crippen molar-refractivity contribution in [1.82, 2.24) is 15.5 Å². The summed E-state index contributed by atoms with van der Waals surface area (Å²) in [6, 6.07) is 6.88. The van der Waals surface area contributed by atoms with Crippen molar-refractivity contribution in [2.45, 2.75) is 45.3 Å². The maximum atomic E-state index is 12.3. The largest absolute Gasteiger partial charge is 0.435 e. The summed E-state index contributed by atoms with van der Waals surface area (Å²) in [5, 5.41) is 6.75. The van der Waals surface area contributed by atoms with E-state index in [1.54, 1.807) is 38.4 Å². The quantitative estimate of drug-likeness (QED) is 0.213. The Kier molecular flexibility index (Phi) is 12.5. The lowest BCUT2D eigenvalue weighted by atomic mass is 10.0. The molecule has 2 N–H and O–H groups in total. The van der Waals surface area contributed by atoms with Crippen LogP contribution in [0.15, 0.2) is 29.3 Å². The first-order valence-electron chi connectivity index (χ1n) is 10.4. The molecule has 1 amide bonds. The van der Waals surface area contributed by atoms with Crippen LogP contribution in [0, 0.1) is 0 Å². The van der Waals surface area contributed by atoms with Crippen LogP contribution in [0.1, 0.15) is 32.6 Å². The highest BCUT2D eigenvalue weighted by Gasteiger charge is 2.21. The van der Waals surface area contributed by atoms with Gasteiger partial charge in [0.25, 0.3) is 0 Å². The Morgan fingerprint density at radius 1 is 1.32 bits per heavy atom. The third-order valence-electron chi connectivity index (χ3n) is 4.88. The third-order valence-corrected chi connectivity index (χ3v) is 4.88. The fourth-order valence-corrected chi connectivity index (χ4v) is 3.19. The number of amides is 1. The number of hydrogen-bond donors (Lipinski definition) is 2. The van der Waals surface area contributed by atoms with E-state index in [0.717, 1.165) is 51.0 Å². The number of likely N-dealkylation sites (N-methyl/N-ethyl adjacent to an activating group) is 1. The number of alkyl halides is 2. The van der Waals surface area contributed by atoms with Crippen LogP contribution in [0.5, 0.6) is 5.75 Å². The summed E-state index contributed by atoms with van der Waals surface area (Å²) in [7, 11) is 3.43. The lowest BCUT2D eigenvalue weighted by Gasteiger charge is -2.35. The highest BCUT2D eigenvalue weighted by Crippen LogP contribution is 2.23. The summed E-state index contributed by atoms with van der Waals surface area (Å²) in [5.41, 5.74) is 0.961. The summed E-state index contributed by atoms with van der Waals surface area (Å²) in [6.07, 6.45) is 4.07. The van der Waals surface area contributed by atoms with E-state index in [1.165, 1.54) is 4.90 Å². The van der Waals surface area contributed by atoms with Gasteiger partial charge in [0.05, 0.1) is 0 Å². The first-order chi connectivity index (χ1) is 14.4. The van der Waals surface area contributed by atoms with Crippen molar-refractivity contribution in [2.75, 3.05) is 45.2 Å². The van der Waals surface area contributed by atoms with E-state index in [4.69, 9.17) is 0 Å². The fourth-order valence-electron chi connectivity index (χ4n) is 3.19. The molecule has 0 saturated carbocycles. The van der Waals surface area contributed by atoms with Crippen LogP contribution in [0.25, 0.3) is 0 Å². The number of benzene rings is 1. The number of halogens is 3. The topological polar surface area (TPSA) is 69.2 Å². The molecule has 1 atom stereocenters. The van der Waals surface area contributed by atoms with Crippen molar-refractivity contribution in [2.24, 2.45) is 4.99 Å². The number of ether oxygens (including phenoxy) is 1. The zero-order valence-electron chi connectivity index (χ0n) is 18.4. The summed E-state index contributed by atoms with van der Waals surface area (Å²) < 4.78 is 29.1. The second kappa shape index (κ2) is 14.3. The maximum absolute atomic E-state index is 12.3. The molecule has 31 heavy (non-hydrogen) atoms. The number of nitrogens with zero attached hydrogens (tertiary/aromatic N) is 3. The maximum Gasteiger partial charge on any atom is 0.387 e. The van der Waals surface area contributed by atoms with Crippen LogP contribution in [-0.2, 0) is 4.79 Å². The van der Waals surface area contributed by atoms with Gasteiger partial charge in [-0.2, -0.15) is 8.78 Å². The van der Waals surface area contributed by atoms with Gasteiger partial charge in [0, 0.05) is 45.5 Å². The number of carbonyl (C=O) groups excluding carboxylic acids is 1. The Morgan fingerprint density at radius 3 is 2.65 bits per heavy atom. The van der Waals surface area contributed by atoms with E-state index in [-0.39, 0.29) is 48.2 Å². The number of nitrogens with one attached hydrogen (secondary N) is 2. The fraction of sp³-hybridized carbons (Fsp3) is 0.619. The number of guanidine groups is 1. The van der Waals surface area contributed by atoms with Crippen LogP contribution in [-0.4, -0.2) is 69.7 Å². The van der Waals surface area contributed by atoms with Crippen LogP contribution in [0.4, 0.5) is 14.5 Å². The lowest BCUT2D eigenvalue weighted by molar-refractivity contribution is -0.127. The van der Waals surface area contributed by atoms with Gasteiger partial charge in [-0.1, -0.05) is 13.3 Å². The number of rotatable bonds is 9. The van der Waals surface area contributed by atoms with Gasteiger partial charge in [0.2, 0.25) is 5.91 Å². The molecule has 7 nitrogen and oxygen atoms in total. The molecule has 0 aromatic heterocycles. The molecular formula is C21H34F2IN5O2. The van der Waals surface area contributed by atoms with Gasteiger partial charge in [-0.25, -0.2) is 4.99 Å². The molecule has 0 aliphatic carbocycles. The molecule has 176 valence electrons. The van der Waals surface area contributed by atoms with E-state index in [9.17, 15) is 13.6 Å². The summed E-state index contributed by atoms with van der Waals surface area (Å²) in [4.78, 5) is 20.1. The van der Waals surface area contributed by atoms with Gasteiger partial charge in [0.15, 0.2) is 5.96 Å². The molecule has 1 unspecified atom stereocenters. The minimum atomic E-state index is -2.82. The summed E-state index contributed by atoms with van der Waals surface area (Å²) in [6.45, 7) is 1.83. The predicted molar refractivity (Wildman–Crippen MR) is 131 cm³/mol. The van der Waals surface area contributed by atoms with Crippen LogP contribution in [0.2, 0.25) is 0 Å². The third kappa shape index (κ3) is 9.88. The van der Waals surface area contributed by atoms with E-state index in [2.05, 4.69) is 32.2 Å². The number of anilines is 1. The first-order valence-corrected chi connectivity index (χ1v) is 10.4. The molecule has 1 aromatic rings. The number of carbonyl (C=O) groups is 1. The first kappa shape index (κ1) is 27.2. The Labute approximate surface area is 200 Å². The van der Waals surface area contributed by atoms with Crippen molar-refractivity contribution < 1.29 is 18.3 Å². The van der Waals surface area contributed by atoms with Crippen LogP contribution < -0.4 is 20.3 Å². The van der Waals surface area contributed by atoms with Crippen LogP contribution in [0.3, 0.4) is 0 Å². The van der Waals surface area contributed by atoms with E-state index in [0.29, 0.717) is 5.96 Å². The molecule has 1 saturated heterocycles. The number of piperidine rings is 1. The average molecular weight is 553 g/mol. The highest BCUT2D eigenvalue weighted by atomic mass is 127. The Balaban J connectivity index is 0.00000480. The van der Waals surface area contributed by atoms with Crippen LogP contribution >= 0.6 is 24.0 Å². The molecule has 1 aromatic carbocycles. The molecular weight excluding hydrogens is 519 g/mol. The van der Waals surface area contributed by atoms with E-state index in [1.807, 2.05) is 0 Å². The molecule has 1 aliphatic heterocycles. The average Bonchev–Trinajstić information content (AvgIpc) is 2.72. The Bertz CT molecular complexity index is 689. The van der Waals surface area contributed by atoms with E-state index >= 15 is 0 Å². The minimum Gasteiger partial charge on any atom is -0.435 e. The smallest absolute Gasteiger partial charge is 0.387 e. The standard InChI is InChI=1S/C21H33F2N5O2.HI/c1-4-5-12-24-21(25-14-19(29)27(2)3)26-16-7-6-13-28(15-16)17-8-10-18(11-9-17)30-20(22)23;/h8-11,16,20H,4-7,12-15H2,1-3H3,(H2,24,25,26);1H. The summed E-state index contributed by atoms with van der Waals surface area (Å²) in [5.74, 6) is 0.745. The second-order valence-corrected chi connectivity index (χ2v) is 7.54. The molecule has 0 spiro atoms. The molecule has 0 radical (unpaired) electrons. The summed E-state index contributed by atoms with van der Waals surface area (Å²) >= 11 is 0. The zero-order valence-corrected chi connectivity index (χ0v) is 20.8. The van der Waals surface area contributed by atoms with Crippen molar-refractivity contribution >= 4 is 41.5 Å². The van der Waals surface area contributed by atoms with Gasteiger partial charge in [-0.15, -0.1) is 24.0 Å². The molecule has 10 heteroatoms. The molecule has 1 aliphatic rings. The van der Waals surface area contributed by atoms with Gasteiger partial charge in [-0.05, 0) is 43.5 Å². The Hall–Kier alpha value is -1.85. The van der Waals surface area contributed by atoms with Gasteiger partial charge in [0.1, 0.15) is 12.3 Å². The monoisotopic (exact) mass is 553 g/mol. The van der Waals surface area contributed by atoms with Crippen molar-refractivity contribution in [3.05, 3.63) is 24.3 Å². The highest BCUT2D eigenvalue weighted by molar-refractivity contribution is 14.0. The lowest BCUT2D eigenvalue weighted by Crippen LogP contribution is -2.51. The van der Waals surface area contributed by atoms with Gasteiger partial charge >= 0.3 is 6.61 Å². The number of unbranched alkanes of at least 4 members (excludes halogenated alkanes) is 1. The van der Waals surface area contributed by atoms with Crippen molar-refractivity contribution in [3.8, 4) is 5.75 Å². The zero-order chi connectivity index (χ0) is 21.9. The minimum absolute atomic E-state index is 0. The predicted octanol–water partition coefficient (Wildman–Crippen LogP) is 3.30. The molecule has 1 heterocycles. The SMILES string of the molecule is CCCCNC(=NCC(=O)N(C)C)NC1CCCN(c2ccc(OC(F)F)cc2)C1.I. The van der Waals surface area contributed by atoms with Crippen molar-refractivity contribution in [3.63, 3.8) is 0 Å². The number of aliphatic imine (C=N–C) groups is 1. The van der Waals surface area contributed by atoms with E-state index < -0.39 is 6.61 Å². The second-order valence-electron chi connectivity index (χ2n) is 7.54.